The van der Waals surface area contributed by atoms with Gasteiger partial charge in [-0.15, -0.1) is 0 Å². The van der Waals surface area contributed by atoms with Crippen molar-refractivity contribution in [3.8, 4) is 11.5 Å². The van der Waals surface area contributed by atoms with Gasteiger partial charge in [0, 0.05) is 12.6 Å². The molecule has 1 saturated heterocycles. The molecule has 2 rings (SSSR count). The van der Waals surface area contributed by atoms with E-state index in [4.69, 9.17) is 14.2 Å². The lowest BCUT2D eigenvalue weighted by atomic mass is 9.96. The van der Waals surface area contributed by atoms with Gasteiger partial charge >= 0.3 is 6.09 Å². The molecule has 6 heteroatoms. The molecule has 1 aliphatic rings. The van der Waals surface area contributed by atoms with Crippen molar-refractivity contribution in [3.63, 3.8) is 0 Å². The quantitative estimate of drug-likeness (QED) is 0.891. The summed E-state index contributed by atoms with van der Waals surface area (Å²) in [4.78, 5) is 12.1. The van der Waals surface area contributed by atoms with Crippen LogP contribution in [-0.2, 0) is 4.74 Å². The first-order valence-corrected chi connectivity index (χ1v) is 7.80. The lowest BCUT2D eigenvalue weighted by molar-refractivity contribution is 0.0635. The summed E-state index contributed by atoms with van der Waals surface area (Å²) in [5.41, 5.74) is 1.18. The Hall–Kier alpha value is -1.95. The lowest BCUT2D eigenvalue weighted by Crippen LogP contribution is -2.27. The maximum Gasteiger partial charge on any atom is 0.412 e. The van der Waals surface area contributed by atoms with Crippen molar-refractivity contribution < 1.29 is 19.0 Å². The molecule has 1 aromatic carbocycles. The van der Waals surface area contributed by atoms with Crippen LogP contribution in [0.5, 0.6) is 11.5 Å². The second kappa shape index (κ2) is 7.08. The van der Waals surface area contributed by atoms with Gasteiger partial charge in [0.1, 0.15) is 5.60 Å². The molecule has 0 bridgehead atoms. The highest BCUT2D eigenvalue weighted by Gasteiger charge is 2.24. The molecule has 1 aromatic rings. The monoisotopic (exact) mass is 322 g/mol. The Kier molecular flexibility index (Phi) is 5.36. The molecule has 0 aliphatic carbocycles. The van der Waals surface area contributed by atoms with E-state index in [1.54, 1.807) is 20.3 Å². The Bertz CT molecular complexity index is 560. The third-order valence-corrected chi connectivity index (χ3v) is 3.69. The molecule has 23 heavy (non-hydrogen) atoms. The molecule has 0 aromatic heterocycles. The predicted octanol–water partition coefficient (Wildman–Crippen LogP) is 3.13. The van der Waals surface area contributed by atoms with Gasteiger partial charge in [-0.25, -0.2) is 4.79 Å². The number of benzene rings is 1. The number of rotatable bonds is 4. The van der Waals surface area contributed by atoms with Crippen molar-refractivity contribution in [1.29, 1.82) is 0 Å². The fourth-order valence-electron chi connectivity index (χ4n) is 2.67. The predicted molar refractivity (Wildman–Crippen MR) is 89.6 cm³/mol. The molecule has 0 spiro atoms. The van der Waals surface area contributed by atoms with Crippen LogP contribution in [0.1, 0.15) is 38.7 Å². The minimum absolute atomic E-state index is 0.319. The first-order valence-electron chi connectivity index (χ1n) is 7.80. The normalized spacial score (nSPS) is 17.7. The molecule has 2 N–H and O–H groups in total. The minimum atomic E-state index is -0.546. The smallest absolute Gasteiger partial charge is 0.412 e. The fourth-order valence-corrected chi connectivity index (χ4v) is 2.67. The number of amides is 1. The van der Waals surface area contributed by atoms with Gasteiger partial charge in [-0.1, -0.05) is 0 Å². The van der Waals surface area contributed by atoms with Gasteiger partial charge in [-0.3, -0.25) is 5.32 Å². The van der Waals surface area contributed by atoms with Crippen molar-refractivity contribution in [2.45, 2.75) is 38.7 Å². The third kappa shape index (κ3) is 4.51. The molecule has 1 atom stereocenters. The number of ether oxygens (including phenoxy) is 3. The number of hydrogen-bond acceptors (Lipinski definition) is 5. The van der Waals surface area contributed by atoms with Crippen LogP contribution in [0.4, 0.5) is 10.5 Å². The van der Waals surface area contributed by atoms with Gasteiger partial charge in [0.25, 0.3) is 0 Å². The average Bonchev–Trinajstić information content (AvgIpc) is 2.98. The first kappa shape index (κ1) is 17.4. The third-order valence-electron chi connectivity index (χ3n) is 3.69. The lowest BCUT2D eigenvalue weighted by Gasteiger charge is -2.22. The molecular formula is C17H26N2O4. The maximum atomic E-state index is 12.1. The zero-order valence-electron chi connectivity index (χ0n) is 14.5. The molecular weight excluding hydrogens is 296 g/mol. The van der Waals surface area contributed by atoms with E-state index in [2.05, 4.69) is 10.6 Å². The maximum absolute atomic E-state index is 12.1. The summed E-state index contributed by atoms with van der Waals surface area (Å²) in [6.45, 7) is 7.35. The number of hydrogen-bond donors (Lipinski definition) is 2. The Morgan fingerprint density at radius 1 is 1.22 bits per heavy atom. The van der Waals surface area contributed by atoms with Crippen LogP contribution < -0.4 is 20.1 Å². The number of methoxy groups -OCH3 is 2. The fraction of sp³-hybridized carbons (Fsp3) is 0.588. The summed E-state index contributed by atoms with van der Waals surface area (Å²) < 4.78 is 16.1. The van der Waals surface area contributed by atoms with Gasteiger partial charge in [0.15, 0.2) is 11.5 Å². The molecule has 1 amide bonds. The second-order valence-electron chi connectivity index (χ2n) is 6.61. The number of carbonyl (C=O) groups is 1. The van der Waals surface area contributed by atoms with Crippen molar-refractivity contribution in [3.05, 3.63) is 17.7 Å². The van der Waals surface area contributed by atoms with E-state index in [1.807, 2.05) is 26.8 Å². The van der Waals surface area contributed by atoms with Crippen LogP contribution in [0.25, 0.3) is 0 Å². The van der Waals surface area contributed by atoms with E-state index >= 15 is 0 Å². The molecule has 1 heterocycles. The van der Waals surface area contributed by atoms with Gasteiger partial charge < -0.3 is 19.5 Å². The standard InChI is InChI=1S/C17H26N2O4/c1-17(2,3)23-16(20)19-13-9-15(22-5)14(21-4)8-12(13)11-6-7-18-10-11/h8-9,11,18H,6-7,10H2,1-5H3,(H,19,20). The van der Waals surface area contributed by atoms with Crippen LogP contribution in [0.15, 0.2) is 12.1 Å². The highest BCUT2D eigenvalue weighted by molar-refractivity contribution is 5.87. The van der Waals surface area contributed by atoms with Crippen LogP contribution in [0.2, 0.25) is 0 Å². The molecule has 128 valence electrons. The van der Waals surface area contributed by atoms with Crippen LogP contribution in [0.3, 0.4) is 0 Å². The summed E-state index contributed by atoms with van der Waals surface area (Å²) in [6.07, 6.45) is 0.537. The highest BCUT2D eigenvalue weighted by Crippen LogP contribution is 2.38. The summed E-state index contributed by atoms with van der Waals surface area (Å²) in [5, 5.41) is 6.19. The molecule has 0 radical (unpaired) electrons. The zero-order chi connectivity index (χ0) is 17.0. The molecule has 0 saturated carbocycles. The van der Waals surface area contributed by atoms with Crippen LogP contribution in [-0.4, -0.2) is 39.0 Å². The second-order valence-corrected chi connectivity index (χ2v) is 6.61. The molecule has 1 fully saturated rings. The van der Waals surface area contributed by atoms with E-state index in [9.17, 15) is 4.79 Å². The molecule has 1 unspecified atom stereocenters. The van der Waals surface area contributed by atoms with E-state index in [-0.39, 0.29) is 0 Å². The highest BCUT2D eigenvalue weighted by atomic mass is 16.6. The summed E-state index contributed by atoms with van der Waals surface area (Å²) in [7, 11) is 3.18. The Morgan fingerprint density at radius 3 is 2.39 bits per heavy atom. The topological polar surface area (TPSA) is 68.8 Å². The zero-order valence-corrected chi connectivity index (χ0v) is 14.5. The Morgan fingerprint density at radius 2 is 1.87 bits per heavy atom. The summed E-state index contributed by atoms with van der Waals surface area (Å²) in [6, 6.07) is 3.72. The summed E-state index contributed by atoms with van der Waals surface area (Å²) >= 11 is 0. The number of nitrogens with one attached hydrogen (secondary N) is 2. The van der Waals surface area contributed by atoms with Gasteiger partial charge in [0.2, 0.25) is 0 Å². The Labute approximate surface area is 137 Å². The van der Waals surface area contributed by atoms with Crippen LogP contribution >= 0.6 is 0 Å². The van der Waals surface area contributed by atoms with E-state index in [0.717, 1.165) is 25.1 Å². The van der Waals surface area contributed by atoms with E-state index in [0.29, 0.717) is 23.1 Å². The number of carbonyl (C=O) groups excluding carboxylic acids is 1. The van der Waals surface area contributed by atoms with E-state index < -0.39 is 11.7 Å². The largest absolute Gasteiger partial charge is 0.493 e. The average molecular weight is 322 g/mol. The van der Waals surface area contributed by atoms with Crippen molar-refractivity contribution in [2.75, 3.05) is 32.6 Å². The first-order chi connectivity index (χ1) is 10.8. The minimum Gasteiger partial charge on any atom is -0.493 e. The number of anilines is 1. The Balaban J connectivity index is 2.32. The van der Waals surface area contributed by atoms with Crippen molar-refractivity contribution in [1.82, 2.24) is 5.32 Å². The van der Waals surface area contributed by atoms with Gasteiger partial charge in [-0.2, -0.15) is 0 Å². The van der Waals surface area contributed by atoms with Crippen molar-refractivity contribution >= 4 is 11.8 Å². The molecule has 1 aliphatic heterocycles. The van der Waals surface area contributed by atoms with Crippen molar-refractivity contribution in [2.24, 2.45) is 0 Å². The van der Waals surface area contributed by atoms with Gasteiger partial charge in [-0.05, 0) is 51.3 Å². The van der Waals surface area contributed by atoms with Crippen LogP contribution in [0, 0.1) is 0 Å². The SMILES string of the molecule is COc1cc(NC(=O)OC(C)(C)C)c(C2CCNC2)cc1OC. The van der Waals surface area contributed by atoms with E-state index in [1.165, 1.54) is 0 Å². The van der Waals surface area contributed by atoms with Gasteiger partial charge in [0.05, 0.1) is 19.9 Å². The summed E-state index contributed by atoms with van der Waals surface area (Å²) in [5.74, 6) is 1.55. The molecule has 6 nitrogen and oxygen atoms in total.